The number of fused-ring (bicyclic) bond motifs is 1. The Morgan fingerprint density at radius 2 is 1.70 bits per heavy atom. The van der Waals surface area contributed by atoms with Crippen LogP contribution in [-0.4, -0.2) is 67.7 Å². The van der Waals surface area contributed by atoms with Gasteiger partial charge < -0.3 is 39.8 Å². The normalized spacial score (nSPS) is 19.2. The quantitative estimate of drug-likeness (QED) is 0.180. The maximum Gasteiger partial charge on any atom is 0.231 e. The molecule has 1 amide bonds. The van der Waals surface area contributed by atoms with Gasteiger partial charge in [-0.2, -0.15) is 0 Å². The monoisotopic (exact) mass is 664 g/mol. The number of hydrogen-bond acceptors (Lipinski definition) is 10. The summed E-state index contributed by atoms with van der Waals surface area (Å²) in [4.78, 5) is 41.4. The van der Waals surface area contributed by atoms with Crippen molar-refractivity contribution in [1.29, 1.82) is 0 Å². The van der Waals surface area contributed by atoms with Crippen LogP contribution in [0.5, 0.6) is 28.7 Å². The molecule has 2 aliphatic rings. The molecule has 4 N–H and O–H groups in total. The average molecular weight is 665 g/mol. The molecule has 1 aliphatic carbocycles. The van der Waals surface area contributed by atoms with Crippen molar-refractivity contribution in [3.63, 3.8) is 0 Å². The van der Waals surface area contributed by atoms with Crippen LogP contribution in [0.4, 0.5) is 5.69 Å². The number of aliphatic hydroxyl groups is 1. The second-order valence-electron chi connectivity index (χ2n) is 11.4. The van der Waals surface area contributed by atoms with E-state index in [1.54, 1.807) is 6.92 Å². The topological polar surface area (TPSA) is 153 Å². The number of amides is 1. The molecule has 0 fully saturated rings. The van der Waals surface area contributed by atoms with Crippen molar-refractivity contribution in [2.45, 2.75) is 37.7 Å². The minimum Gasteiger partial charge on any atom is -0.507 e. The largest absolute Gasteiger partial charge is 0.507 e. The summed E-state index contributed by atoms with van der Waals surface area (Å²) in [6.45, 7) is 2.59. The number of hydrogen-bond donors (Lipinski definition) is 4. The van der Waals surface area contributed by atoms with Crippen molar-refractivity contribution < 1.29 is 43.5 Å². The third kappa shape index (κ3) is 6.15. The molecular formula is C35H37ClN2O9. The van der Waals surface area contributed by atoms with Crippen LogP contribution in [0.1, 0.15) is 48.0 Å². The zero-order valence-electron chi connectivity index (χ0n) is 26.5. The number of methoxy groups -OCH3 is 3. The molecule has 1 unspecified atom stereocenters. The van der Waals surface area contributed by atoms with Gasteiger partial charge in [0, 0.05) is 55.1 Å². The summed E-state index contributed by atoms with van der Waals surface area (Å²) in [5.74, 6) is -3.70. The van der Waals surface area contributed by atoms with Crippen LogP contribution in [-0.2, 0) is 9.59 Å². The van der Waals surface area contributed by atoms with Crippen molar-refractivity contribution in [3.8, 4) is 28.7 Å². The van der Waals surface area contributed by atoms with Crippen LogP contribution in [0.3, 0.4) is 0 Å². The first-order valence-electron chi connectivity index (χ1n) is 15.1. The lowest BCUT2D eigenvalue weighted by molar-refractivity contribution is -0.121. The number of carbonyl (C=O) groups is 3. The summed E-state index contributed by atoms with van der Waals surface area (Å²) >= 11 is 6.58. The van der Waals surface area contributed by atoms with E-state index in [1.165, 1.54) is 45.6 Å². The number of nitrogens with one attached hydrogen (secondary N) is 2. The third-order valence-corrected chi connectivity index (χ3v) is 8.99. The molecule has 248 valence electrons. The molecule has 0 saturated heterocycles. The molecular weight excluding hydrogens is 628 g/mol. The number of benzene rings is 3. The van der Waals surface area contributed by atoms with Crippen LogP contribution < -0.4 is 29.6 Å². The number of carbonyl (C=O) groups excluding carboxylic acids is 3. The van der Waals surface area contributed by atoms with Gasteiger partial charge in [0.25, 0.3) is 0 Å². The van der Waals surface area contributed by atoms with E-state index in [0.29, 0.717) is 25.1 Å². The van der Waals surface area contributed by atoms with Gasteiger partial charge in [-0.25, -0.2) is 0 Å². The van der Waals surface area contributed by atoms with Gasteiger partial charge in [0.1, 0.15) is 22.1 Å². The number of rotatable bonds is 12. The molecule has 3 atom stereocenters. The maximum atomic E-state index is 14.3. The molecule has 0 radical (unpaired) electrons. The lowest BCUT2D eigenvalue weighted by atomic mass is 9.69. The molecule has 1 spiro atoms. The van der Waals surface area contributed by atoms with E-state index >= 15 is 0 Å². The predicted octanol–water partition coefficient (Wildman–Crippen LogP) is 5.60. The molecule has 3 aromatic rings. The summed E-state index contributed by atoms with van der Waals surface area (Å²) in [5, 5.41) is 28.5. The number of ketones is 2. The maximum absolute atomic E-state index is 14.3. The van der Waals surface area contributed by atoms with Crippen molar-refractivity contribution in [2.75, 3.05) is 39.7 Å². The molecule has 1 heterocycles. The summed E-state index contributed by atoms with van der Waals surface area (Å²) in [6, 6.07) is 15.5. The van der Waals surface area contributed by atoms with E-state index < -0.39 is 34.8 Å². The summed E-state index contributed by atoms with van der Waals surface area (Å²) in [7, 11) is 4.15. The second-order valence-corrected chi connectivity index (χ2v) is 11.8. The Labute approximate surface area is 277 Å². The fourth-order valence-corrected chi connectivity index (χ4v) is 6.46. The van der Waals surface area contributed by atoms with Gasteiger partial charge in [-0.3, -0.25) is 14.4 Å². The zero-order valence-corrected chi connectivity index (χ0v) is 27.3. The number of allylic oxidation sites excluding steroid dienone is 1. The van der Waals surface area contributed by atoms with E-state index in [9.17, 15) is 24.6 Å². The Kier molecular flexibility index (Phi) is 9.85. The van der Waals surface area contributed by atoms with Crippen LogP contribution in [0.25, 0.3) is 0 Å². The molecule has 5 rings (SSSR count). The van der Waals surface area contributed by atoms with Gasteiger partial charge in [-0.15, -0.1) is 0 Å². The minimum atomic E-state index is -2.02. The fraction of sp³-hybridized carbons (Fsp3) is 0.343. The first kappa shape index (κ1) is 33.5. The number of ether oxygens (including phenoxy) is 4. The highest BCUT2D eigenvalue weighted by molar-refractivity contribution is 6.35. The molecule has 0 saturated carbocycles. The molecule has 0 bridgehead atoms. The number of phenolic OH excluding ortho intramolecular Hbond substituents is 1. The van der Waals surface area contributed by atoms with Gasteiger partial charge >= 0.3 is 0 Å². The van der Waals surface area contributed by atoms with Crippen molar-refractivity contribution >= 4 is 34.8 Å². The van der Waals surface area contributed by atoms with E-state index in [4.69, 9.17) is 30.5 Å². The van der Waals surface area contributed by atoms with E-state index in [1.807, 2.05) is 30.3 Å². The molecule has 3 aromatic carbocycles. The van der Waals surface area contributed by atoms with Gasteiger partial charge in [0.05, 0.1) is 21.3 Å². The minimum absolute atomic E-state index is 0.00734. The Balaban J connectivity index is 1.50. The zero-order chi connectivity index (χ0) is 33.9. The Morgan fingerprint density at radius 3 is 2.38 bits per heavy atom. The lowest BCUT2D eigenvalue weighted by Gasteiger charge is -2.38. The number of phenols is 1. The first-order valence-corrected chi connectivity index (χ1v) is 15.5. The van der Waals surface area contributed by atoms with Crippen LogP contribution in [0, 0.1) is 5.92 Å². The van der Waals surface area contributed by atoms with Crippen molar-refractivity contribution in [3.05, 3.63) is 82.1 Å². The number of anilines is 1. The lowest BCUT2D eigenvalue weighted by Crippen LogP contribution is -2.53. The highest BCUT2D eigenvalue weighted by atomic mass is 35.5. The third-order valence-electron chi connectivity index (χ3n) is 8.63. The highest BCUT2D eigenvalue weighted by Gasteiger charge is 2.61. The number of aliphatic hydroxyl groups excluding tert-OH is 1. The van der Waals surface area contributed by atoms with Gasteiger partial charge in [0.15, 0.2) is 28.8 Å². The molecule has 1 aliphatic heterocycles. The Bertz CT molecular complexity index is 1730. The van der Waals surface area contributed by atoms with Gasteiger partial charge in [-0.05, 0) is 36.2 Å². The van der Waals surface area contributed by atoms with E-state index in [2.05, 4.69) is 10.6 Å². The summed E-state index contributed by atoms with van der Waals surface area (Å²) in [5.41, 5.74) is -0.798. The summed E-state index contributed by atoms with van der Waals surface area (Å²) in [6.07, 6.45) is 0.196. The Hall–Kier alpha value is -4.90. The van der Waals surface area contributed by atoms with E-state index in [0.717, 1.165) is 5.69 Å². The average Bonchev–Trinajstić information content (AvgIpc) is 3.38. The smallest absolute Gasteiger partial charge is 0.231 e. The standard InChI is InChI=1S/C35H37ClN2O9/c1-19-15-24(40)29(33(42)35(19)34(43)30-26(45-3)18-27(46-4)31(36)32(30)47-35)22(20-11-12-23(39)25(16-20)44-2)17-28(41)38-14-8-13-37-21-9-6-5-7-10-21/h5-7,9-12,16,18-19,22,37,39,42H,8,13-15,17H2,1-4H3,(H,38,41)/t19-,22?,35+/m1/s1. The fourth-order valence-electron chi connectivity index (χ4n) is 6.20. The molecule has 0 aromatic heterocycles. The SMILES string of the molecule is COc1cc(C(CC(=O)NCCCNc2ccccc2)C2=C(O)[C@@]3(Oc4c(Cl)c(OC)cc(OC)c4C3=O)[C@H](C)CC2=O)ccc1O. The first-order chi connectivity index (χ1) is 22.6. The number of Topliss-reactive ketones (excluding diaryl/α,β-unsaturated/α-hetero) is 2. The summed E-state index contributed by atoms with van der Waals surface area (Å²) < 4.78 is 22.4. The highest BCUT2D eigenvalue weighted by Crippen LogP contribution is 2.56. The molecule has 47 heavy (non-hydrogen) atoms. The van der Waals surface area contributed by atoms with E-state index in [-0.39, 0.29) is 63.7 Å². The second kappa shape index (κ2) is 13.8. The number of para-hydroxylation sites is 1. The number of aromatic hydroxyl groups is 1. The molecule has 11 nitrogen and oxygen atoms in total. The van der Waals surface area contributed by atoms with Crippen LogP contribution in [0.2, 0.25) is 5.02 Å². The molecule has 12 heteroatoms. The Morgan fingerprint density at radius 1 is 1.00 bits per heavy atom. The van der Waals surface area contributed by atoms with Crippen LogP contribution >= 0.6 is 11.6 Å². The van der Waals surface area contributed by atoms with Gasteiger partial charge in [-0.1, -0.05) is 42.8 Å². The van der Waals surface area contributed by atoms with Crippen LogP contribution in [0.15, 0.2) is 65.9 Å². The van der Waals surface area contributed by atoms with Crippen molar-refractivity contribution in [2.24, 2.45) is 5.92 Å². The van der Waals surface area contributed by atoms with Crippen molar-refractivity contribution in [1.82, 2.24) is 5.32 Å². The predicted molar refractivity (Wildman–Crippen MR) is 175 cm³/mol. The van der Waals surface area contributed by atoms with Gasteiger partial charge in [0.2, 0.25) is 17.3 Å². The number of halogens is 1.